The molecule has 0 spiro atoms. The topological polar surface area (TPSA) is 96.7 Å². The summed E-state index contributed by atoms with van der Waals surface area (Å²) in [5.41, 5.74) is 5.50. The third kappa shape index (κ3) is 2.83. The van der Waals surface area contributed by atoms with Gasteiger partial charge in [-0.2, -0.15) is 5.10 Å². The Morgan fingerprint density at radius 3 is 3.15 bits per heavy atom. The normalized spacial score (nSPS) is 12.5. The Labute approximate surface area is 75.9 Å². The van der Waals surface area contributed by atoms with E-state index in [1.807, 2.05) is 6.92 Å². The average Bonchev–Trinajstić information content (AvgIpc) is 2.65. The van der Waals surface area contributed by atoms with Gasteiger partial charge in [-0.15, -0.1) is 0 Å². The maximum Gasteiger partial charge on any atom is 0.237 e. The van der Waals surface area contributed by atoms with Crippen molar-refractivity contribution in [1.29, 1.82) is 0 Å². The molecule has 0 aromatic carbocycles. The van der Waals surface area contributed by atoms with E-state index in [1.54, 1.807) is 0 Å². The molecule has 1 atom stereocenters. The molecule has 0 radical (unpaired) electrons. The van der Waals surface area contributed by atoms with Gasteiger partial charge in [0.2, 0.25) is 5.91 Å². The molecule has 1 aromatic rings. The predicted molar refractivity (Wildman–Crippen MR) is 46.5 cm³/mol. The number of amides is 1. The van der Waals surface area contributed by atoms with Gasteiger partial charge in [0.1, 0.15) is 12.2 Å². The summed E-state index contributed by atoms with van der Waals surface area (Å²) in [5, 5.41) is 8.92. The van der Waals surface area contributed by atoms with E-state index in [9.17, 15) is 4.79 Å². The van der Waals surface area contributed by atoms with Crippen molar-refractivity contribution in [3.05, 3.63) is 12.2 Å². The number of hydrogen-bond donors (Lipinski definition) is 3. The summed E-state index contributed by atoms with van der Waals surface area (Å²) < 4.78 is 0. The molecule has 6 nitrogen and oxygen atoms in total. The maximum atomic E-state index is 11.2. The van der Waals surface area contributed by atoms with Crippen LogP contribution in [0.5, 0.6) is 0 Å². The molecule has 1 rings (SSSR count). The Balaban J connectivity index is 2.31. The lowest BCUT2D eigenvalue weighted by Gasteiger charge is -2.07. The van der Waals surface area contributed by atoms with Crippen molar-refractivity contribution in [2.45, 2.75) is 25.9 Å². The molecule has 0 aliphatic heterocycles. The number of carbonyl (C=O) groups is 1. The van der Waals surface area contributed by atoms with Crippen molar-refractivity contribution >= 4 is 5.91 Å². The summed E-state index contributed by atoms with van der Waals surface area (Å²) in [7, 11) is 0. The van der Waals surface area contributed by atoms with Crippen molar-refractivity contribution in [3.63, 3.8) is 0 Å². The Kier molecular flexibility index (Phi) is 3.39. The summed E-state index contributed by atoms with van der Waals surface area (Å²) in [6.45, 7) is 2.20. The maximum absolute atomic E-state index is 11.2. The minimum atomic E-state index is -0.442. The van der Waals surface area contributed by atoms with E-state index in [2.05, 4.69) is 20.5 Å². The highest BCUT2D eigenvalue weighted by molar-refractivity contribution is 5.81. The molecular formula is C7H13N5O. The third-order valence-corrected chi connectivity index (χ3v) is 1.67. The Morgan fingerprint density at radius 1 is 1.85 bits per heavy atom. The van der Waals surface area contributed by atoms with Gasteiger partial charge < -0.3 is 11.1 Å². The minimum absolute atomic E-state index is 0.168. The first-order valence-corrected chi connectivity index (χ1v) is 4.11. The van der Waals surface area contributed by atoms with Crippen LogP contribution in [0.15, 0.2) is 6.33 Å². The number of nitrogens with one attached hydrogen (secondary N) is 2. The average molecular weight is 183 g/mol. The van der Waals surface area contributed by atoms with Crippen LogP contribution in [0.3, 0.4) is 0 Å². The van der Waals surface area contributed by atoms with E-state index in [0.717, 1.165) is 0 Å². The fraction of sp³-hybridized carbons (Fsp3) is 0.571. The second-order valence-corrected chi connectivity index (χ2v) is 2.66. The molecule has 1 heterocycles. The Bertz CT molecular complexity index is 258. The highest BCUT2D eigenvalue weighted by atomic mass is 16.2. The van der Waals surface area contributed by atoms with E-state index in [4.69, 9.17) is 5.73 Å². The van der Waals surface area contributed by atoms with Crippen LogP contribution in [-0.4, -0.2) is 27.1 Å². The van der Waals surface area contributed by atoms with E-state index in [1.165, 1.54) is 6.33 Å². The van der Waals surface area contributed by atoms with Crippen molar-refractivity contribution in [3.8, 4) is 0 Å². The summed E-state index contributed by atoms with van der Waals surface area (Å²) in [6, 6.07) is -0.442. The molecule has 0 fully saturated rings. The van der Waals surface area contributed by atoms with Crippen molar-refractivity contribution in [2.75, 3.05) is 0 Å². The van der Waals surface area contributed by atoms with Gasteiger partial charge in [0.15, 0.2) is 0 Å². The molecule has 72 valence electrons. The fourth-order valence-electron chi connectivity index (χ4n) is 0.803. The molecule has 4 N–H and O–H groups in total. The zero-order valence-corrected chi connectivity index (χ0v) is 7.45. The highest BCUT2D eigenvalue weighted by Crippen LogP contribution is 1.88. The number of aromatic nitrogens is 3. The molecule has 0 unspecified atom stereocenters. The third-order valence-electron chi connectivity index (χ3n) is 1.67. The molecule has 0 bridgehead atoms. The number of H-pyrrole nitrogens is 1. The van der Waals surface area contributed by atoms with Crippen LogP contribution in [0.2, 0.25) is 0 Å². The molecular weight excluding hydrogens is 170 g/mol. The second-order valence-electron chi connectivity index (χ2n) is 2.66. The van der Waals surface area contributed by atoms with E-state index in [0.29, 0.717) is 18.8 Å². The molecule has 0 saturated carbocycles. The first-order chi connectivity index (χ1) is 6.24. The second kappa shape index (κ2) is 4.56. The zero-order valence-electron chi connectivity index (χ0n) is 7.45. The van der Waals surface area contributed by atoms with E-state index >= 15 is 0 Å². The lowest BCUT2D eigenvalue weighted by Crippen LogP contribution is -2.39. The quantitative estimate of drug-likeness (QED) is 0.567. The molecule has 1 amide bonds. The van der Waals surface area contributed by atoms with Gasteiger partial charge in [-0.3, -0.25) is 9.89 Å². The number of rotatable bonds is 4. The van der Waals surface area contributed by atoms with Crippen molar-refractivity contribution < 1.29 is 4.79 Å². The summed E-state index contributed by atoms with van der Waals surface area (Å²) >= 11 is 0. The first kappa shape index (κ1) is 9.66. The standard InChI is InChI=1S/C7H13N5O/c1-2-5(8)7(13)9-3-6-10-4-11-12-6/h4-5H,2-3,8H2,1H3,(H,9,13)(H,10,11,12)/t5-/m1/s1. The van der Waals surface area contributed by atoms with E-state index in [-0.39, 0.29) is 5.91 Å². The number of hydrogen-bond acceptors (Lipinski definition) is 4. The van der Waals surface area contributed by atoms with Gasteiger partial charge in [0, 0.05) is 0 Å². The molecule has 6 heteroatoms. The largest absolute Gasteiger partial charge is 0.347 e. The Hall–Kier alpha value is -1.43. The summed E-state index contributed by atoms with van der Waals surface area (Å²) in [6.07, 6.45) is 2.02. The van der Waals surface area contributed by atoms with Crippen LogP contribution in [0, 0.1) is 0 Å². The van der Waals surface area contributed by atoms with Gasteiger partial charge in [-0.25, -0.2) is 4.98 Å². The number of aromatic amines is 1. The molecule has 0 aliphatic carbocycles. The molecule has 13 heavy (non-hydrogen) atoms. The minimum Gasteiger partial charge on any atom is -0.347 e. The van der Waals surface area contributed by atoms with Crippen LogP contribution in [0.1, 0.15) is 19.2 Å². The SMILES string of the molecule is CC[C@@H](N)C(=O)NCc1ncn[nH]1. The number of nitrogens with two attached hydrogens (primary N) is 1. The lowest BCUT2D eigenvalue weighted by atomic mass is 10.2. The zero-order chi connectivity index (χ0) is 9.68. The summed E-state index contributed by atoms with van der Waals surface area (Å²) in [4.78, 5) is 15.0. The van der Waals surface area contributed by atoms with Gasteiger partial charge in [-0.05, 0) is 6.42 Å². The Morgan fingerprint density at radius 2 is 2.62 bits per heavy atom. The van der Waals surface area contributed by atoms with Crippen molar-refractivity contribution in [1.82, 2.24) is 20.5 Å². The van der Waals surface area contributed by atoms with Crippen LogP contribution in [0.4, 0.5) is 0 Å². The first-order valence-electron chi connectivity index (χ1n) is 4.11. The smallest absolute Gasteiger partial charge is 0.237 e. The summed E-state index contributed by atoms with van der Waals surface area (Å²) in [5.74, 6) is 0.454. The monoisotopic (exact) mass is 183 g/mol. The van der Waals surface area contributed by atoms with Crippen LogP contribution < -0.4 is 11.1 Å². The predicted octanol–water partition coefficient (Wildman–Crippen LogP) is -0.842. The van der Waals surface area contributed by atoms with Gasteiger partial charge in [0.05, 0.1) is 12.6 Å². The number of carbonyl (C=O) groups excluding carboxylic acids is 1. The van der Waals surface area contributed by atoms with Gasteiger partial charge in [0.25, 0.3) is 0 Å². The van der Waals surface area contributed by atoms with Gasteiger partial charge >= 0.3 is 0 Å². The molecule has 0 saturated heterocycles. The fourth-order valence-corrected chi connectivity index (χ4v) is 0.803. The van der Waals surface area contributed by atoms with Crippen molar-refractivity contribution in [2.24, 2.45) is 5.73 Å². The molecule has 1 aromatic heterocycles. The van der Waals surface area contributed by atoms with Gasteiger partial charge in [-0.1, -0.05) is 6.92 Å². The van der Waals surface area contributed by atoms with Crippen LogP contribution in [-0.2, 0) is 11.3 Å². The van der Waals surface area contributed by atoms with E-state index < -0.39 is 6.04 Å². The number of nitrogens with zero attached hydrogens (tertiary/aromatic N) is 2. The lowest BCUT2D eigenvalue weighted by molar-refractivity contribution is -0.122. The van der Waals surface area contributed by atoms with Crippen LogP contribution >= 0.6 is 0 Å². The van der Waals surface area contributed by atoms with Crippen LogP contribution in [0.25, 0.3) is 0 Å². The highest BCUT2D eigenvalue weighted by Gasteiger charge is 2.10. The molecule has 0 aliphatic rings.